The number of aromatic nitrogens is 1. The third kappa shape index (κ3) is 3.90. The van der Waals surface area contributed by atoms with Gasteiger partial charge in [0.1, 0.15) is 32.0 Å². The molecule has 1 fully saturated rings. The second-order valence-electron chi connectivity index (χ2n) is 7.09. The molecule has 11 heteroatoms. The predicted molar refractivity (Wildman–Crippen MR) is 125 cm³/mol. The van der Waals surface area contributed by atoms with E-state index in [-0.39, 0.29) is 4.21 Å². The van der Waals surface area contributed by atoms with E-state index in [0.717, 1.165) is 21.6 Å². The van der Waals surface area contributed by atoms with Gasteiger partial charge in [0.25, 0.3) is 15.9 Å². The fraction of sp³-hybridized carbons (Fsp3) is 0.333. The quantitative estimate of drug-likeness (QED) is 0.472. The molecule has 4 rings (SSSR count). The number of carbonyl (C=O) groups is 1. The van der Waals surface area contributed by atoms with Crippen molar-refractivity contribution in [3.05, 3.63) is 47.1 Å². The van der Waals surface area contributed by atoms with E-state index in [1.165, 1.54) is 15.6 Å². The summed E-state index contributed by atoms with van der Waals surface area (Å²) in [6, 6.07) is 6.01. The van der Waals surface area contributed by atoms with Gasteiger partial charge in [-0.15, -0.1) is 17.9 Å². The number of sulfonamides is 1. The zero-order valence-corrected chi connectivity index (χ0v) is 20.1. The maximum Gasteiger partial charge on any atom is 0.266 e. The van der Waals surface area contributed by atoms with Gasteiger partial charge in [0.2, 0.25) is 0 Å². The van der Waals surface area contributed by atoms with E-state index in [2.05, 4.69) is 11.6 Å². The van der Waals surface area contributed by atoms with Gasteiger partial charge < -0.3 is 14.0 Å². The third-order valence-electron chi connectivity index (χ3n) is 5.26. The van der Waals surface area contributed by atoms with Crippen molar-refractivity contribution >= 4 is 48.8 Å². The highest BCUT2D eigenvalue weighted by Crippen LogP contribution is 2.35. The van der Waals surface area contributed by atoms with Crippen LogP contribution in [-0.2, 0) is 21.4 Å². The number of hydrogen-bond acceptors (Lipinski definition) is 7. The molecule has 1 amide bonds. The minimum Gasteiger partial charge on any atom is -0.495 e. The summed E-state index contributed by atoms with van der Waals surface area (Å²) in [5.74, 6) is 0.778. The van der Waals surface area contributed by atoms with Crippen LogP contribution >= 0.6 is 22.7 Å². The largest absolute Gasteiger partial charge is 0.495 e. The highest BCUT2D eigenvalue weighted by Gasteiger charge is 2.40. The Labute approximate surface area is 194 Å². The zero-order chi connectivity index (χ0) is 22.9. The number of amides is 1. The van der Waals surface area contributed by atoms with Crippen LogP contribution in [0.2, 0.25) is 0 Å². The molecule has 0 saturated carbocycles. The summed E-state index contributed by atoms with van der Waals surface area (Å²) in [5.41, 5.74) is 0.748. The number of thiophene rings is 1. The number of methoxy groups -OCH3 is 2. The molecule has 0 aliphatic carbocycles. The predicted octanol–water partition coefficient (Wildman–Crippen LogP) is 3.25. The van der Waals surface area contributed by atoms with Gasteiger partial charge in [0, 0.05) is 13.1 Å². The maximum absolute atomic E-state index is 13.2. The van der Waals surface area contributed by atoms with Crippen molar-refractivity contribution in [2.75, 3.05) is 20.8 Å². The average Bonchev–Trinajstić information content (AvgIpc) is 3.54. The van der Waals surface area contributed by atoms with Gasteiger partial charge in [-0.3, -0.25) is 4.79 Å². The highest BCUT2D eigenvalue weighted by atomic mass is 32.2. The summed E-state index contributed by atoms with van der Waals surface area (Å²) in [6.45, 7) is 4.51. The smallest absolute Gasteiger partial charge is 0.266 e. The first-order valence-electron chi connectivity index (χ1n) is 9.91. The van der Waals surface area contributed by atoms with Crippen molar-refractivity contribution in [2.45, 2.75) is 29.6 Å². The van der Waals surface area contributed by atoms with Crippen molar-refractivity contribution in [3.8, 4) is 11.5 Å². The van der Waals surface area contributed by atoms with E-state index >= 15 is 0 Å². The Morgan fingerprint density at radius 3 is 2.69 bits per heavy atom. The molecule has 1 aliphatic rings. The van der Waals surface area contributed by atoms with Crippen molar-refractivity contribution < 1.29 is 22.7 Å². The third-order valence-corrected chi connectivity index (χ3v) is 9.63. The first kappa shape index (κ1) is 22.7. The number of carbonyl (C=O) groups excluding carboxylic acids is 1. The van der Waals surface area contributed by atoms with Crippen molar-refractivity contribution in [1.82, 2.24) is 8.87 Å². The molecular formula is C21H23N3O5S3. The lowest BCUT2D eigenvalue weighted by molar-refractivity contribution is -0.121. The molecule has 2 aromatic heterocycles. The summed E-state index contributed by atoms with van der Waals surface area (Å²) in [6.07, 6.45) is 2.75. The van der Waals surface area contributed by atoms with E-state index in [0.29, 0.717) is 42.2 Å². The first-order valence-corrected chi connectivity index (χ1v) is 13.0. The van der Waals surface area contributed by atoms with Gasteiger partial charge in [0.05, 0.1) is 14.2 Å². The SMILES string of the molecule is C=CCn1c(=NC(=O)[C@H]2CCCN2S(=O)(=O)c2cccs2)sc2c(OC)ccc(OC)c21. The van der Waals surface area contributed by atoms with E-state index in [9.17, 15) is 13.2 Å². The monoisotopic (exact) mass is 493 g/mol. The number of allylic oxidation sites excluding steroid dienone is 1. The topological polar surface area (TPSA) is 90.2 Å². The fourth-order valence-corrected chi connectivity index (χ4v) is 7.73. The maximum atomic E-state index is 13.2. The molecule has 1 atom stereocenters. The van der Waals surface area contributed by atoms with Crippen molar-refractivity contribution in [3.63, 3.8) is 0 Å². The standard InChI is InChI=1S/C21H23N3O5S3/c1-4-11-23-18-15(28-2)9-10-16(29-3)19(18)31-21(23)22-20(25)14-7-5-12-24(14)32(26,27)17-8-6-13-30-17/h4,6,8-10,13-14H,1,5,7,11-12H2,2-3H3/t14-/m1/s1. The summed E-state index contributed by atoms with van der Waals surface area (Å²) >= 11 is 2.44. The van der Waals surface area contributed by atoms with Crippen molar-refractivity contribution in [2.24, 2.45) is 4.99 Å². The summed E-state index contributed by atoms with van der Waals surface area (Å²) in [5, 5.41) is 1.71. The molecule has 1 aliphatic heterocycles. The number of ether oxygens (including phenoxy) is 2. The second-order valence-corrected chi connectivity index (χ2v) is 11.1. The Kier molecular flexibility index (Phi) is 6.52. The number of nitrogens with zero attached hydrogens (tertiary/aromatic N) is 3. The first-order chi connectivity index (χ1) is 15.4. The molecule has 32 heavy (non-hydrogen) atoms. The highest BCUT2D eigenvalue weighted by molar-refractivity contribution is 7.91. The molecule has 3 aromatic rings. The lowest BCUT2D eigenvalue weighted by atomic mass is 10.2. The molecule has 0 radical (unpaired) electrons. The van der Waals surface area contributed by atoms with Gasteiger partial charge in [-0.2, -0.15) is 9.30 Å². The zero-order valence-electron chi connectivity index (χ0n) is 17.7. The fourth-order valence-electron chi connectivity index (χ4n) is 3.81. The molecule has 0 spiro atoms. The minimum absolute atomic E-state index is 0.232. The van der Waals surface area contributed by atoms with Crippen molar-refractivity contribution in [1.29, 1.82) is 0 Å². The number of hydrogen-bond donors (Lipinski definition) is 0. The molecule has 1 aromatic carbocycles. The van der Waals surface area contributed by atoms with Gasteiger partial charge in [-0.25, -0.2) is 8.42 Å². The summed E-state index contributed by atoms with van der Waals surface area (Å²) < 4.78 is 41.2. The Balaban J connectivity index is 1.81. The summed E-state index contributed by atoms with van der Waals surface area (Å²) in [7, 11) is -0.586. The van der Waals surface area contributed by atoms with Gasteiger partial charge in [0.15, 0.2) is 4.80 Å². The number of thiazole rings is 1. The van der Waals surface area contributed by atoms with Crippen LogP contribution in [-0.4, -0.2) is 50.0 Å². The van der Waals surface area contributed by atoms with E-state index in [4.69, 9.17) is 9.47 Å². The van der Waals surface area contributed by atoms with Gasteiger partial charge in [-0.1, -0.05) is 23.5 Å². The molecule has 0 bridgehead atoms. The van der Waals surface area contributed by atoms with Crippen LogP contribution in [0.25, 0.3) is 10.2 Å². The van der Waals surface area contributed by atoms with Crippen LogP contribution in [0.15, 0.2) is 51.5 Å². The molecule has 8 nitrogen and oxygen atoms in total. The molecule has 170 valence electrons. The van der Waals surface area contributed by atoms with Crippen LogP contribution < -0.4 is 14.3 Å². The Morgan fingerprint density at radius 2 is 2.03 bits per heavy atom. The normalized spacial score (nSPS) is 17.7. The molecular weight excluding hydrogens is 470 g/mol. The Hall–Kier alpha value is -2.47. The van der Waals surface area contributed by atoms with E-state index < -0.39 is 22.0 Å². The lowest BCUT2D eigenvalue weighted by Gasteiger charge is -2.20. The van der Waals surface area contributed by atoms with Crippen LogP contribution in [0.4, 0.5) is 0 Å². The summed E-state index contributed by atoms with van der Waals surface area (Å²) in [4.78, 5) is 18.0. The molecule has 3 heterocycles. The average molecular weight is 494 g/mol. The van der Waals surface area contributed by atoms with Crippen LogP contribution in [0.3, 0.4) is 0 Å². The molecule has 0 N–H and O–H groups in total. The van der Waals surface area contributed by atoms with Gasteiger partial charge in [-0.05, 0) is 36.4 Å². The Bertz CT molecular complexity index is 1320. The number of fused-ring (bicyclic) bond motifs is 1. The minimum atomic E-state index is -3.74. The van der Waals surface area contributed by atoms with E-state index in [1.54, 1.807) is 49.9 Å². The number of benzene rings is 1. The van der Waals surface area contributed by atoms with Crippen LogP contribution in [0, 0.1) is 0 Å². The lowest BCUT2D eigenvalue weighted by Crippen LogP contribution is -2.40. The number of rotatable bonds is 7. The Morgan fingerprint density at radius 1 is 1.28 bits per heavy atom. The second kappa shape index (κ2) is 9.18. The van der Waals surface area contributed by atoms with E-state index in [1.807, 2.05) is 4.57 Å². The van der Waals surface area contributed by atoms with Crippen LogP contribution in [0.5, 0.6) is 11.5 Å². The molecule has 0 unspecified atom stereocenters. The van der Waals surface area contributed by atoms with Crippen LogP contribution in [0.1, 0.15) is 12.8 Å². The van der Waals surface area contributed by atoms with Gasteiger partial charge >= 0.3 is 0 Å². The molecule has 1 saturated heterocycles.